The van der Waals surface area contributed by atoms with Crippen molar-refractivity contribution in [3.05, 3.63) is 34.9 Å². The van der Waals surface area contributed by atoms with Crippen LogP contribution in [-0.2, 0) is 11.2 Å². The highest BCUT2D eigenvalue weighted by Crippen LogP contribution is 2.11. The molecule has 0 aliphatic rings. The lowest BCUT2D eigenvalue weighted by atomic mass is 10.0. The van der Waals surface area contributed by atoms with E-state index in [9.17, 15) is 4.79 Å². The van der Waals surface area contributed by atoms with Gasteiger partial charge in [-0.05, 0) is 64.0 Å². The number of benzene rings is 1. The lowest BCUT2D eigenvalue weighted by Crippen LogP contribution is -2.27. The van der Waals surface area contributed by atoms with Crippen LogP contribution in [0.5, 0.6) is 0 Å². The first-order valence-electron chi connectivity index (χ1n) is 6.96. The summed E-state index contributed by atoms with van der Waals surface area (Å²) in [5, 5.41) is 2.97. The van der Waals surface area contributed by atoms with Gasteiger partial charge >= 0.3 is 0 Å². The molecule has 0 atom stereocenters. The molecule has 0 saturated carbocycles. The molecule has 1 aromatic rings. The molecule has 0 fully saturated rings. The van der Waals surface area contributed by atoms with Crippen molar-refractivity contribution in [2.45, 2.75) is 33.1 Å². The molecular formula is C16H26N2O. The molecule has 3 heteroatoms. The van der Waals surface area contributed by atoms with E-state index in [4.69, 9.17) is 0 Å². The number of amides is 1. The summed E-state index contributed by atoms with van der Waals surface area (Å²) in [7, 11) is 4.09. The van der Waals surface area contributed by atoms with Gasteiger partial charge in [0.15, 0.2) is 0 Å². The number of nitrogens with zero attached hydrogens (tertiary/aromatic N) is 1. The Bertz CT molecular complexity index is 413. The zero-order valence-electron chi connectivity index (χ0n) is 12.6. The Labute approximate surface area is 117 Å². The molecule has 0 heterocycles. The predicted octanol–water partition coefficient (Wildman–Crippen LogP) is 2.30. The quantitative estimate of drug-likeness (QED) is 0.765. The van der Waals surface area contributed by atoms with Gasteiger partial charge in [-0.3, -0.25) is 4.79 Å². The summed E-state index contributed by atoms with van der Waals surface area (Å²) in [4.78, 5) is 13.8. The van der Waals surface area contributed by atoms with Crippen molar-refractivity contribution in [1.82, 2.24) is 10.2 Å². The molecule has 0 radical (unpaired) electrons. The highest BCUT2D eigenvalue weighted by molar-refractivity contribution is 5.76. The summed E-state index contributed by atoms with van der Waals surface area (Å²) < 4.78 is 0. The molecule has 0 bridgehead atoms. The van der Waals surface area contributed by atoms with Crippen molar-refractivity contribution >= 4 is 5.91 Å². The molecule has 0 aromatic heterocycles. The average molecular weight is 262 g/mol. The summed E-state index contributed by atoms with van der Waals surface area (Å²) in [6, 6.07) is 6.41. The maximum atomic E-state index is 11.7. The molecular weight excluding hydrogens is 236 g/mol. The fraction of sp³-hybridized carbons (Fsp3) is 0.562. The van der Waals surface area contributed by atoms with E-state index < -0.39 is 0 Å². The maximum Gasteiger partial charge on any atom is 0.220 e. The van der Waals surface area contributed by atoms with Gasteiger partial charge in [-0.25, -0.2) is 0 Å². The molecule has 0 aliphatic carbocycles. The number of hydrogen-bond acceptors (Lipinski definition) is 2. The first-order chi connectivity index (χ1) is 8.99. The largest absolute Gasteiger partial charge is 0.356 e. The summed E-state index contributed by atoms with van der Waals surface area (Å²) >= 11 is 0. The van der Waals surface area contributed by atoms with Crippen LogP contribution in [0, 0.1) is 13.8 Å². The van der Waals surface area contributed by atoms with Crippen LogP contribution in [0.3, 0.4) is 0 Å². The lowest BCUT2D eigenvalue weighted by Gasteiger charge is -2.10. The standard InChI is InChI=1S/C16H26N2O/c1-13-6-7-15(12-14(13)2)8-9-16(19)17-10-5-11-18(3)4/h6-7,12H,5,8-11H2,1-4H3,(H,17,19). The third-order valence-electron chi connectivity index (χ3n) is 3.32. The van der Waals surface area contributed by atoms with Crippen molar-refractivity contribution < 1.29 is 4.79 Å². The Balaban J connectivity index is 2.24. The summed E-state index contributed by atoms with van der Waals surface area (Å²) in [6.07, 6.45) is 2.40. The molecule has 19 heavy (non-hydrogen) atoms. The third kappa shape index (κ3) is 6.39. The van der Waals surface area contributed by atoms with E-state index in [-0.39, 0.29) is 5.91 Å². The second-order valence-electron chi connectivity index (χ2n) is 5.43. The lowest BCUT2D eigenvalue weighted by molar-refractivity contribution is -0.121. The normalized spacial score (nSPS) is 10.8. The van der Waals surface area contributed by atoms with Crippen molar-refractivity contribution in [1.29, 1.82) is 0 Å². The molecule has 1 amide bonds. The van der Waals surface area contributed by atoms with Gasteiger partial charge in [0.25, 0.3) is 0 Å². The summed E-state index contributed by atoms with van der Waals surface area (Å²) in [6.45, 7) is 6.00. The first-order valence-corrected chi connectivity index (χ1v) is 6.96. The smallest absolute Gasteiger partial charge is 0.220 e. The van der Waals surface area contributed by atoms with Crippen molar-refractivity contribution in [3.63, 3.8) is 0 Å². The minimum atomic E-state index is 0.150. The molecule has 1 N–H and O–H groups in total. The zero-order chi connectivity index (χ0) is 14.3. The summed E-state index contributed by atoms with van der Waals surface area (Å²) in [5.74, 6) is 0.150. The van der Waals surface area contributed by atoms with Gasteiger partial charge in [0.1, 0.15) is 0 Å². The van der Waals surface area contributed by atoms with E-state index in [1.165, 1.54) is 16.7 Å². The van der Waals surface area contributed by atoms with Gasteiger partial charge in [-0.1, -0.05) is 18.2 Å². The Morgan fingerprint density at radius 2 is 1.95 bits per heavy atom. The number of carbonyl (C=O) groups excluding carboxylic acids is 1. The Morgan fingerprint density at radius 1 is 1.21 bits per heavy atom. The Kier molecular flexibility index (Phi) is 6.57. The van der Waals surface area contributed by atoms with E-state index in [2.05, 4.69) is 42.3 Å². The van der Waals surface area contributed by atoms with Crippen LogP contribution in [0.15, 0.2) is 18.2 Å². The number of carbonyl (C=O) groups is 1. The first kappa shape index (κ1) is 15.7. The number of aryl methyl sites for hydroxylation is 3. The zero-order valence-corrected chi connectivity index (χ0v) is 12.6. The van der Waals surface area contributed by atoms with Gasteiger partial charge in [-0.2, -0.15) is 0 Å². The van der Waals surface area contributed by atoms with Gasteiger partial charge in [0, 0.05) is 13.0 Å². The van der Waals surface area contributed by atoms with Crippen LogP contribution >= 0.6 is 0 Å². The third-order valence-corrected chi connectivity index (χ3v) is 3.32. The highest BCUT2D eigenvalue weighted by Gasteiger charge is 2.03. The van der Waals surface area contributed by atoms with E-state index in [1.54, 1.807) is 0 Å². The Hall–Kier alpha value is -1.35. The second kappa shape index (κ2) is 7.95. The monoisotopic (exact) mass is 262 g/mol. The minimum absolute atomic E-state index is 0.150. The fourth-order valence-electron chi connectivity index (χ4n) is 1.93. The molecule has 0 saturated heterocycles. The molecule has 1 rings (SSSR count). The molecule has 0 unspecified atom stereocenters. The van der Waals surface area contributed by atoms with Gasteiger partial charge in [0.2, 0.25) is 5.91 Å². The summed E-state index contributed by atoms with van der Waals surface area (Å²) in [5.41, 5.74) is 3.84. The fourth-order valence-corrected chi connectivity index (χ4v) is 1.93. The van der Waals surface area contributed by atoms with Crippen molar-refractivity contribution in [3.8, 4) is 0 Å². The van der Waals surface area contributed by atoms with E-state index in [0.717, 1.165) is 25.9 Å². The van der Waals surface area contributed by atoms with Crippen molar-refractivity contribution in [2.75, 3.05) is 27.2 Å². The molecule has 3 nitrogen and oxygen atoms in total. The molecule has 0 aliphatic heterocycles. The van der Waals surface area contributed by atoms with Crippen LogP contribution in [0.1, 0.15) is 29.5 Å². The predicted molar refractivity (Wildman–Crippen MR) is 80.4 cm³/mol. The number of rotatable bonds is 7. The van der Waals surface area contributed by atoms with Crippen LogP contribution in [0.4, 0.5) is 0 Å². The van der Waals surface area contributed by atoms with Crippen molar-refractivity contribution in [2.24, 2.45) is 0 Å². The van der Waals surface area contributed by atoms with E-state index in [0.29, 0.717) is 6.42 Å². The molecule has 1 aromatic carbocycles. The topological polar surface area (TPSA) is 32.3 Å². The maximum absolute atomic E-state index is 11.7. The van der Waals surface area contributed by atoms with E-state index in [1.807, 2.05) is 14.1 Å². The molecule has 106 valence electrons. The SMILES string of the molecule is Cc1ccc(CCC(=O)NCCCN(C)C)cc1C. The second-order valence-corrected chi connectivity index (χ2v) is 5.43. The van der Waals surface area contributed by atoms with Crippen LogP contribution in [0.25, 0.3) is 0 Å². The number of nitrogens with one attached hydrogen (secondary N) is 1. The Morgan fingerprint density at radius 3 is 2.58 bits per heavy atom. The van der Waals surface area contributed by atoms with E-state index >= 15 is 0 Å². The van der Waals surface area contributed by atoms with Crippen LogP contribution in [-0.4, -0.2) is 38.0 Å². The van der Waals surface area contributed by atoms with Crippen LogP contribution < -0.4 is 5.32 Å². The molecule has 0 spiro atoms. The van der Waals surface area contributed by atoms with Gasteiger partial charge < -0.3 is 10.2 Å². The average Bonchev–Trinajstić information content (AvgIpc) is 2.36. The highest BCUT2D eigenvalue weighted by atomic mass is 16.1. The van der Waals surface area contributed by atoms with Gasteiger partial charge in [0.05, 0.1) is 0 Å². The number of hydrogen-bond donors (Lipinski definition) is 1. The van der Waals surface area contributed by atoms with Gasteiger partial charge in [-0.15, -0.1) is 0 Å². The van der Waals surface area contributed by atoms with Crippen LogP contribution in [0.2, 0.25) is 0 Å². The minimum Gasteiger partial charge on any atom is -0.356 e.